The Morgan fingerprint density at radius 2 is 2.32 bits per heavy atom. The zero-order valence-corrected chi connectivity index (χ0v) is 12.3. The lowest BCUT2D eigenvalue weighted by molar-refractivity contribution is 0.0929. The Morgan fingerprint density at radius 3 is 3.05 bits per heavy atom. The van der Waals surface area contributed by atoms with E-state index >= 15 is 0 Å². The number of pyridine rings is 1. The van der Waals surface area contributed by atoms with Crippen LogP contribution in [0.3, 0.4) is 0 Å². The van der Waals surface area contributed by atoms with E-state index < -0.39 is 0 Å². The van der Waals surface area contributed by atoms with Gasteiger partial charge in [-0.05, 0) is 26.0 Å². The van der Waals surface area contributed by atoms with E-state index in [0.717, 1.165) is 45.0 Å². The minimum absolute atomic E-state index is 0.482. The first kappa shape index (κ1) is 14.3. The molecule has 4 heteroatoms. The third-order valence-corrected chi connectivity index (χ3v) is 3.67. The highest BCUT2D eigenvalue weighted by molar-refractivity contribution is 5.54. The molecule has 1 aromatic rings. The van der Waals surface area contributed by atoms with Crippen molar-refractivity contribution in [1.82, 2.24) is 10.3 Å². The van der Waals surface area contributed by atoms with Crippen LogP contribution in [0.1, 0.15) is 31.5 Å². The molecule has 19 heavy (non-hydrogen) atoms. The van der Waals surface area contributed by atoms with Gasteiger partial charge in [-0.3, -0.25) is 4.98 Å². The van der Waals surface area contributed by atoms with E-state index in [1.807, 2.05) is 6.20 Å². The summed E-state index contributed by atoms with van der Waals surface area (Å²) in [7, 11) is 0. The van der Waals surface area contributed by atoms with Gasteiger partial charge in [0.2, 0.25) is 0 Å². The zero-order chi connectivity index (χ0) is 13.7. The van der Waals surface area contributed by atoms with E-state index in [1.54, 1.807) is 0 Å². The maximum atomic E-state index is 5.60. The van der Waals surface area contributed by atoms with Gasteiger partial charge in [0.1, 0.15) is 0 Å². The van der Waals surface area contributed by atoms with Crippen LogP contribution in [0.15, 0.2) is 12.3 Å². The van der Waals surface area contributed by atoms with Gasteiger partial charge in [-0.1, -0.05) is 13.8 Å². The van der Waals surface area contributed by atoms with Gasteiger partial charge < -0.3 is 15.0 Å². The normalized spacial score (nSPS) is 19.7. The van der Waals surface area contributed by atoms with Crippen molar-refractivity contribution in [3.05, 3.63) is 23.5 Å². The predicted octanol–water partition coefficient (Wildman–Crippen LogP) is 2.11. The Bertz CT molecular complexity index is 408. The molecule has 1 fully saturated rings. The summed E-state index contributed by atoms with van der Waals surface area (Å²) in [6.45, 7) is 10.9. The summed E-state index contributed by atoms with van der Waals surface area (Å²) in [5, 5.41) is 3.40. The van der Waals surface area contributed by atoms with Crippen LogP contribution in [0.25, 0.3) is 0 Å². The highest BCUT2D eigenvalue weighted by Gasteiger charge is 2.23. The summed E-state index contributed by atoms with van der Waals surface area (Å²) in [5.74, 6) is 0. The third-order valence-electron chi connectivity index (χ3n) is 3.67. The summed E-state index contributed by atoms with van der Waals surface area (Å²) in [6.07, 6.45) is 3.12. The van der Waals surface area contributed by atoms with Gasteiger partial charge in [0.25, 0.3) is 0 Å². The molecule has 1 saturated heterocycles. The van der Waals surface area contributed by atoms with E-state index in [9.17, 15) is 0 Å². The van der Waals surface area contributed by atoms with Crippen molar-refractivity contribution >= 4 is 5.69 Å². The van der Waals surface area contributed by atoms with Crippen molar-refractivity contribution in [3.8, 4) is 0 Å². The molecule has 106 valence electrons. The monoisotopic (exact) mass is 263 g/mol. The molecular formula is C15H25N3O. The Labute approximate surface area is 116 Å². The molecule has 1 unspecified atom stereocenters. The molecule has 0 aliphatic carbocycles. The Balaban J connectivity index is 2.26. The average Bonchev–Trinajstić information content (AvgIpc) is 2.46. The fourth-order valence-electron chi connectivity index (χ4n) is 2.55. The number of aromatic nitrogens is 1. The van der Waals surface area contributed by atoms with Crippen LogP contribution in [0.5, 0.6) is 0 Å². The summed E-state index contributed by atoms with van der Waals surface area (Å²) in [4.78, 5) is 6.93. The highest BCUT2D eigenvalue weighted by Crippen LogP contribution is 2.26. The molecule has 1 atom stereocenters. The first-order chi connectivity index (χ1) is 9.26. The number of hydrogen-bond donors (Lipinski definition) is 1. The number of nitrogens with zero attached hydrogens (tertiary/aromatic N) is 2. The summed E-state index contributed by atoms with van der Waals surface area (Å²) >= 11 is 0. The van der Waals surface area contributed by atoms with Gasteiger partial charge in [-0.25, -0.2) is 0 Å². The number of anilines is 1. The molecule has 1 aromatic heterocycles. The summed E-state index contributed by atoms with van der Waals surface area (Å²) in [5.41, 5.74) is 3.69. The smallest absolute Gasteiger partial charge is 0.0670 e. The van der Waals surface area contributed by atoms with E-state index in [0.29, 0.717) is 6.04 Å². The van der Waals surface area contributed by atoms with Gasteiger partial charge in [0.15, 0.2) is 0 Å². The lowest BCUT2D eigenvalue weighted by atomic mass is 10.1. The minimum Gasteiger partial charge on any atom is -0.377 e. The molecule has 0 radical (unpaired) electrons. The number of ether oxygens (including phenoxy) is 1. The van der Waals surface area contributed by atoms with E-state index in [-0.39, 0.29) is 0 Å². The standard InChI is InChI=1S/C15H25N3O/c1-4-14-11-19-7-6-18(14)15-8-12(3)17-10-13(15)9-16-5-2/h8,10,14,16H,4-7,9,11H2,1-3H3. The average molecular weight is 263 g/mol. The van der Waals surface area contributed by atoms with Gasteiger partial charge in [0, 0.05) is 36.2 Å². The second kappa shape index (κ2) is 6.87. The first-order valence-corrected chi connectivity index (χ1v) is 7.26. The van der Waals surface area contributed by atoms with Crippen LogP contribution in [-0.4, -0.2) is 37.3 Å². The minimum atomic E-state index is 0.482. The Morgan fingerprint density at radius 1 is 1.47 bits per heavy atom. The van der Waals surface area contributed by atoms with Crippen LogP contribution in [0.2, 0.25) is 0 Å². The molecule has 0 aromatic carbocycles. The molecule has 0 spiro atoms. The van der Waals surface area contributed by atoms with Crippen LogP contribution >= 0.6 is 0 Å². The highest BCUT2D eigenvalue weighted by atomic mass is 16.5. The van der Waals surface area contributed by atoms with Crippen LogP contribution in [-0.2, 0) is 11.3 Å². The van der Waals surface area contributed by atoms with E-state index in [1.165, 1.54) is 11.3 Å². The lowest BCUT2D eigenvalue weighted by Crippen LogP contribution is -2.45. The van der Waals surface area contributed by atoms with Gasteiger partial charge in [-0.2, -0.15) is 0 Å². The summed E-state index contributed by atoms with van der Waals surface area (Å²) in [6, 6.07) is 2.69. The zero-order valence-electron chi connectivity index (χ0n) is 12.3. The van der Waals surface area contributed by atoms with Gasteiger partial charge >= 0.3 is 0 Å². The largest absolute Gasteiger partial charge is 0.377 e. The molecule has 1 N–H and O–H groups in total. The Kier molecular flexibility index (Phi) is 5.16. The number of nitrogens with one attached hydrogen (secondary N) is 1. The molecule has 1 aliphatic heterocycles. The summed E-state index contributed by atoms with van der Waals surface area (Å²) < 4.78 is 5.60. The topological polar surface area (TPSA) is 37.4 Å². The van der Waals surface area contributed by atoms with Crippen LogP contribution in [0.4, 0.5) is 5.69 Å². The molecule has 0 amide bonds. The Hall–Kier alpha value is -1.13. The molecule has 0 saturated carbocycles. The van der Waals surface area contributed by atoms with Crippen LogP contribution in [0, 0.1) is 6.92 Å². The molecule has 2 heterocycles. The third kappa shape index (κ3) is 3.45. The quantitative estimate of drug-likeness (QED) is 0.883. The molecule has 1 aliphatic rings. The predicted molar refractivity (Wildman–Crippen MR) is 78.6 cm³/mol. The van der Waals surface area contributed by atoms with Crippen molar-refractivity contribution in [1.29, 1.82) is 0 Å². The van der Waals surface area contributed by atoms with Crippen molar-refractivity contribution in [3.63, 3.8) is 0 Å². The van der Waals surface area contributed by atoms with Crippen LogP contribution < -0.4 is 10.2 Å². The number of rotatable bonds is 5. The maximum Gasteiger partial charge on any atom is 0.0670 e. The fraction of sp³-hybridized carbons (Fsp3) is 0.667. The lowest BCUT2D eigenvalue weighted by Gasteiger charge is -2.38. The number of aryl methyl sites for hydroxylation is 1. The van der Waals surface area contributed by atoms with Gasteiger partial charge in [0.05, 0.1) is 19.3 Å². The van der Waals surface area contributed by atoms with Gasteiger partial charge in [-0.15, -0.1) is 0 Å². The number of morpholine rings is 1. The van der Waals surface area contributed by atoms with E-state index in [2.05, 4.69) is 42.0 Å². The van der Waals surface area contributed by atoms with Crippen molar-refractivity contribution in [2.75, 3.05) is 31.2 Å². The number of hydrogen-bond acceptors (Lipinski definition) is 4. The second-order valence-electron chi connectivity index (χ2n) is 5.07. The maximum absolute atomic E-state index is 5.60. The second-order valence-corrected chi connectivity index (χ2v) is 5.07. The van der Waals surface area contributed by atoms with Crippen molar-refractivity contribution < 1.29 is 4.74 Å². The van der Waals surface area contributed by atoms with Crippen molar-refractivity contribution in [2.45, 2.75) is 39.8 Å². The molecule has 2 rings (SSSR count). The molecule has 0 bridgehead atoms. The fourth-order valence-corrected chi connectivity index (χ4v) is 2.55. The van der Waals surface area contributed by atoms with Crippen molar-refractivity contribution in [2.24, 2.45) is 0 Å². The first-order valence-electron chi connectivity index (χ1n) is 7.26. The van der Waals surface area contributed by atoms with E-state index in [4.69, 9.17) is 4.74 Å². The SMILES string of the molecule is CCNCc1cnc(C)cc1N1CCOCC1CC. The molecular weight excluding hydrogens is 238 g/mol. The molecule has 4 nitrogen and oxygen atoms in total.